The van der Waals surface area contributed by atoms with Gasteiger partial charge in [-0.05, 0) is 45.4 Å². The highest BCUT2D eigenvalue weighted by Gasteiger charge is 2.33. The number of allylic oxidation sites excluding steroid dienone is 1. The second-order valence-electron chi connectivity index (χ2n) is 5.80. The van der Waals surface area contributed by atoms with Crippen molar-refractivity contribution in [3.8, 4) is 11.8 Å². The van der Waals surface area contributed by atoms with Crippen molar-refractivity contribution in [1.29, 1.82) is 0 Å². The monoisotopic (exact) mass is 353 g/mol. The minimum atomic E-state index is -0.713. The summed E-state index contributed by atoms with van der Waals surface area (Å²) in [6.07, 6.45) is 1.55. The van der Waals surface area contributed by atoms with Crippen LogP contribution in [0, 0.1) is 24.7 Å². The molecule has 1 aromatic carbocycles. The SMILES string of the molecule is CCOC(=O)C1=CNC(C)=C(C(=O)OCC)C1C#Cc1cccc(C)c1. The quantitative estimate of drug-likeness (QED) is 0.666. The second kappa shape index (κ2) is 8.91. The van der Waals surface area contributed by atoms with Gasteiger partial charge in [0.2, 0.25) is 0 Å². The largest absolute Gasteiger partial charge is 0.463 e. The summed E-state index contributed by atoms with van der Waals surface area (Å²) in [7, 11) is 0. The summed E-state index contributed by atoms with van der Waals surface area (Å²) >= 11 is 0. The molecular formula is C21H23NO4. The van der Waals surface area contributed by atoms with Gasteiger partial charge in [0.25, 0.3) is 0 Å². The maximum Gasteiger partial charge on any atom is 0.337 e. The standard InChI is InChI=1S/C21H23NO4/c1-5-25-20(23)18-13-22-15(4)19(21(24)26-6-2)17(18)11-10-16-9-7-8-14(3)12-16/h7-9,12-13,17,22H,5-6H2,1-4H3. The van der Waals surface area contributed by atoms with E-state index in [1.165, 1.54) is 0 Å². The van der Waals surface area contributed by atoms with E-state index in [0.29, 0.717) is 16.8 Å². The van der Waals surface area contributed by atoms with Crippen molar-refractivity contribution >= 4 is 11.9 Å². The normalized spacial score (nSPS) is 16.0. The van der Waals surface area contributed by atoms with Crippen LogP contribution in [0.3, 0.4) is 0 Å². The molecule has 1 aliphatic heterocycles. The van der Waals surface area contributed by atoms with Crippen molar-refractivity contribution in [2.45, 2.75) is 27.7 Å². The Morgan fingerprint density at radius 3 is 2.46 bits per heavy atom. The average Bonchev–Trinajstić information content (AvgIpc) is 2.60. The number of carbonyl (C=O) groups is 2. The van der Waals surface area contributed by atoms with Crippen LogP contribution in [0.2, 0.25) is 0 Å². The second-order valence-corrected chi connectivity index (χ2v) is 5.80. The van der Waals surface area contributed by atoms with Crippen LogP contribution in [0.15, 0.2) is 47.3 Å². The molecule has 2 rings (SSSR count). The minimum Gasteiger partial charge on any atom is -0.463 e. The first kappa shape index (κ1) is 19.3. The molecule has 1 N–H and O–H groups in total. The van der Waals surface area contributed by atoms with Crippen molar-refractivity contribution in [1.82, 2.24) is 5.32 Å². The summed E-state index contributed by atoms with van der Waals surface area (Å²) in [5.41, 5.74) is 3.13. The highest BCUT2D eigenvalue weighted by Crippen LogP contribution is 2.28. The lowest BCUT2D eigenvalue weighted by Gasteiger charge is -2.23. The lowest BCUT2D eigenvalue weighted by atomic mass is 9.88. The molecule has 0 bridgehead atoms. The van der Waals surface area contributed by atoms with Crippen LogP contribution in [0.5, 0.6) is 0 Å². The first-order chi connectivity index (χ1) is 12.5. The van der Waals surface area contributed by atoms with Crippen molar-refractivity contribution in [3.63, 3.8) is 0 Å². The molecule has 26 heavy (non-hydrogen) atoms. The first-order valence-corrected chi connectivity index (χ1v) is 8.57. The van der Waals surface area contributed by atoms with E-state index < -0.39 is 17.9 Å². The van der Waals surface area contributed by atoms with E-state index in [1.54, 1.807) is 27.0 Å². The van der Waals surface area contributed by atoms with Gasteiger partial charge in [-0.25, -0.2) is 9.59 Å². The van der Waals surface area contributed by atoms with Gasteiger partial charge in [0, 0.05) is 17.5 Å². The van der Waals surface area contributed by atoms with Crippen LogP contribution in [0.4, 0.5) is 0 Å². The predicted molar refractivity (Wildman–Crippen MR) is 98.7 cm³/mol. The molecule has 0 aromatic heterocycles. The summed E-state index contributed by atoms with van der Waals surface area (Å²) < 4.78 is 10.3. The first-order valence-electron chi connectivity index (χ1n) is 8.57. The number of benzene rings is 1. The van der Waals surface area contributed by atoms with Gasteiger partial charge in [-0.3, -0.25) is 0 Å². The number of hydrogen-bond donors (Lipinski definition) is 1. The summed E-state index contributed by atoms with van der Waals surface area (Å²) in [5.74, 6) is 4.41. The Morgan fingerprint density at radius 2 is 1.81 bits per heavy atom. The highest BCUT2D eigenvalue weighted by molar-refractivity contribution is 5.98. The molecule has 0 aliphatic carbocycles. The number of dihydropyridines is 1. The summed E-state index contributed by atoms with van der Waals surface area (Å²) in [6.45, 7) is 7.69. The van der Waals surface area contributed by atoms with Gasteiger partial charge in [0.15, 0.2) is 0 Å². The molecule has 1 aromatic rings. The summed E-state index contributed by atoms with van der Waals surface area (Å²) in [5, 5.41) is 2.95. The Kier molecular flexibility index (Phi) is 6.62. The van der Waals surface area contributed by atoms with E-state index >= 15 is 0 Å². The maximum atomic E-state index is 12.4. The third-order valence-corrected chi connectivity index (χ3v) is 3.83. The molecule has 0 radical (unpaired) electrons. The fourth-order valence-corrected chi connectivity index (χ4v) is 2.62. The Balaban J connectivity index is 2.46. The van der Waals surface area contributed by atoms with Crippen LogP contribution in [0.1, 0.15) is 31.9 Å². The van der Waals surface area contributed by atoms with E-state index in [9.17, 15) is 9.59 Å². The van der Waals surface area contributed by atoms with E-state index in [4.69, 9.17) is 9.47 Å². The zero-order valence-corrected chi connectivity index (χ0v) is 15.5. The van der Waals surface area contributed by atoms with Gasteiger partial charge < -0.3 is 14.8 Å². The summed E-state index contributed by atoms with van der Waals surface area (Å²) in [6, 6.07) is 7.73. The number of nitrogens with one attached hydrogen (secondary N) is 1. The number of hydrogen-bond acceptors (Lipinski definition) is 5. The lowest BCUT2D eigenvalue weighted by molar-refractivity contribution is -0.139. The minimum absolute atomic E-state index is 0.242. The van der Waals surface area contributed by atoms with Gasteiger partial charge in [0.1, 0.15) is 0 Å². The molecule has 0 spiro atoms. The number of rotatable bonds is 4. The van der Waals surface area contributed by atoms with Crippen LogP contribution in [-0.4, -0.2) is 25.2 Å². The fourth-order valence-electron chi connectivity index (χ4n) is 2.62. The Labute approximate surface area is 154 Å². The van der Waals surface area contributed by atoms with Gasteiger partial charge >= 0.3 is 11.9 Å². The summed E-state index contributed by atoms with van der Waals surface area (Å²) in [4.78, 5) is 24.8. The van der Waals surface area contributed by atoms with Gasteiger partial charge in [-0.15, -0.1) is 0 Å². The molecule has 0 fully saturated rings. The molecule has 5 nitrogen and oxygen atoms in total. The molecular weight excluding hydrogens is 330 g/mol. The van der Waals surface area contributed by atoms with Crippen LogP contribution in [0.25, 0.3) is 0 Å². The fraction of sp³-hybridized carbons (Fsp3) is 0.333. The molecule has 0 saturated carbocycles. The third kappa shape index (κ3) is 4.54. The van der Waals surface area contributed by atoms with E-state index in [1.807, 2.05) is 31.2 Å². The smallest absolute Gasteiger partial charge is 0.337 e. The van der Waals surface area contributed by atoms with Crippen molar-refractivity contribution in [2.24, 2.45) is 5.92 Å². The number of aryl methyl sites for hydroxylation is 1. The van der Waals surface area contributed by atoms with Crippen molar-refractivity contribution in [2.75, 3.05) is 13.2 Å². The average molecular weight is 353 g/mol. The number of esters is 2. The molecule has 1 unspecified atom stereocenters. The van der Waals surface area contributed by atoms with Crippen LogP contribution < -0.4 is 5.32 Å². The predicted octanol–water partition coefficient (Wildman–Crippen LogP) is 2.85. The van der Waals surface area contributed by atoms with Crippen molar-refractivity contribution in [3.05, 3.63) is 58.4 Å². The van der Waals surface area contributed by atoms with Crippen molar-refractivity contribution < 1.29 is 19.1 Å². The van der Waals surface area contributed by atoms with Gasteiger partial charge in [-0.2, -0.15) is 0 Å². The van der Waals surface area contributed by atoms with Gasteiger partial charge in [-0.1, -0.05) is 24.0 Å². The zero-order valence-electron chi connectivity index (χ0n) is 15.5. The highest BCUT2D eigenvalue weighted by atomic mass is 16.5. The zero-order chi connectivity index (χ0) is 19.1. The van der Waals surface area contributed by atoms with E-state index in [0.717, 1.165) is 11.1 Å². The van der Waals surface area contributed by atoms with E-state index in [2.05, 4.69) is 17.2 Å². The number of carbonyl (C=O) groups excluding carboxylic acids is 2. The molecule has 0 amide bonds. The molecule has 1 aliphatic rings. The Morgan fingerprint density at radius 1 is 1.12 bits per heavy atom. The maximum absolute atomic E-state index is 12.4. The van der Waals surface area contributed by atoms with Crippen LogP contribution in [-0.2, 0) is 19.1 Å². The molecule has 0 saturated heterocycles. The topological polar surface area (TPSA) is 64.6 Å². The lowest BCUT2D eigenvalue weighted by Crippen LogP contribution is -2.30. The number of ether oxygens (including phenoxy) is 2. The Bertz CT molecular complexity index is 824. The molecule has 136 valence electrons. The van der Waals surface area contributed by atoms with Gasteiger partial charge in [0.05, 0.1) is 30.3 Å². The van der Waals surface area contributed by atoms with Crippen LogP contribution >= 0.6 is 0 Å². The molecule has 5 heteroatoms. The van der Waals surface area contributed by atoms with E-state index in [-0.39, 0.29) is 13.2 Å². The molecule has 1 heterocycles. The molecule has 1 atom stereocenters. The third-order valence-electron chi connectivity index (χ3n) is 3.83. The Hall–Kier alpha value is -3.00.